The standard InChI is InChI=1S/C17H18O5S/c1-3-11-21-15-9-4-5-10-16(15)22-17(18)13-7-6-8-14(12-13)23(2,19)20/h4-10,12H,3,11H2,1-2H3. The van der Waals surface area contributed by atoms with Gasteiger partial charge < -0.3 is 9.47 Å². The molecule has 0 saturated carbocycles. The van der Waals surface area contributed by atoms with Gasteiger partial charge in [-0.2, -0.15) is 0 Å². The van der Waals surface area contributed by atoms with Crippen LogP contribution in [0, 0.1) is 0 Å². The fourth-order valence-corrected chi connectivity index (χ4v) is 2.55. The van der Waals surface area contributed by atoms with Gasteiger partial charge >= 0.3 is 5.97 Å². The Kier molecular flexibility index (Phi) is 5.39. The molecular formula is C17H18O5S. The van der Waals surface area contributed by atoms with E-state index in [0.717, 1.165) is 12.7 Å². The molecule has 0 saturated heterocycles. The molecule has 2 aromatic carbocycles. The van der Waals surface area contributed by atoms with Gasteiger partial charge in [0.25, 0.3) is 0 Å². The molecule has 2 aromatic rings. The third-order valence-electron chi connectivity index (χ3n) is 3.01. The molecule has 0 radical (unpaired) electrons. The van der Waals surface area contributed by atoms with E-state index in [4.69, 9.17) is 9.47 Å². The fraction of sp³-hybridized carbons (Fsp3) is 0.235. The van der Waals surface area contributed by atoms with Crippen LogP contribution in [0.5, 0.6) is 11.5 Å². The molecule has 0 N–H and O–H groups in total. The summed E-state index contributed by atoms with van der Waals surface area (Å²) in [5.41, 5.74) is 0.165. The summed E-state index contributed by atoms with van der Waals surface area (Å²) in [5, 5.41) is 0. The van der Waals surface area contributed by atoms with Gasteiger partial charge in [-0.1, -0.05) is 25.1 Å². The van der Waals surface area contributed by atoms with Crippen molar-refractivity contribution in [2.24, 2.45) is 0 Å². The summed E-state index contributed by atoms with van der Waals surface area (Å²) in [7, 11) is -3.38. The number of carbonyl (C=O) groups is 1. The first kappa shape index (κ1) is 17.0. The van der Waals surface area contributed by atoms with Crippen LogP contribution < -0.4 is 9.47 Å². The van der Waals surface area contributed by atoms with Gasteiger partial charge in [0, 0.05) is 6.26 Å². The van der Waals surface area contributed by atoms with Gasteiger partial charge in [-0.05, 0) is 36.8 Å². The SMILES string of the molecule is CCCOc1ccccc1OC(=O)c1cccc(S(C)(=O)=O)c1. The van der Waals surface area contributed by atoms with Gasteiger partial charge in [0.05, 0.1) is 17.1 Å². The van der Waals surface area contributed by atoms with E-state index in [9.17, 15) is 13.2 Å². The highest BCUT2D eigenvalue weighted by Crippen LogP contribution is 2.27. The predicted molar refractivity (Wildman–Crippen MR) is 86.7 cm³/mol. The Morgan fingerprint density at radius 1 is 1.04 bits per heavy atom. The first-order valence-corrected chi connectivity index (χ1v) is 9.05. The summed E-state index contributed by atoms with van der Waals surface area (Å²) in [5.74, 6) is 0.140. The first-order valence-electron chi connectivity index (χ1n) is 7.16. The van der Waals surface area contributed by atoms with Crippen LogP contribution >= 0.6 is 0 Å². The van der Waals surface area contributed by atoms with Crippen LogP contribution in [0.2, 0.25) is 0 Å². The molecule has 23 heavy (non-hydrogen) atoms. The highest BCUT2D eigenvalue weighted by atomic mass is 32.2. The topological polar surface area (TPSA) is 69.7 Å². The van der Waals surface area contributed by atoms with Crippen LogP contribution in [-0.2, 0) is 9.84 Å². The summed E-state index contributed by atoms with van der Waals surface area (Å²) in [6.07, 6.45) is 1.92. The van der Waals surface area contributed by atoms with Gasteiger partial charge in [-0.15, -0.1) is 0 Å². The van der Waals surface area contributed by atoms with E-state index < -0.39 is 15.8 Å². The number of hydrogen-bond donors (Lipinski definition) is 0. The lowest BCUT2D eigenvalue weighted by Gasteiger charge is -2.11. The highest BCUT2D eigenvalue weighted by Gasteiger charge is 2.15. The third-order valence-corrected chi connectivity index (χ3v) is 4.12. The molecule has 5 nitrogen and oxygen atoms in total. The average Bonchev–Trinajstić information content (AvgIpc) is 2.53. The lowest BCUT2D eigenvalue weighted by molar-refractivity contribution is 0.0728. The van der Waals surface area contributed by atoms with Crippen molar-refractivity contribution in [2.75, 3.05) is 12.9 Å². The van der Waals surface area contributed by atoms with E-state index in [1.807, 2.05) is 6.92 Å². The average molecular weight is 334 g/mol. The zero-order valence-corrected chi connectivity index (χ0v) is 13.8. The third kappa shape index (κ3) is 4.56. The molecule has 0 aliphatic carbocycles. The summed E-state index contributed by atoms with van der Waals surface area (Å²) >= 11 is 0. The van der Waals surface area contributed by atoms with Crippen LogP contribution in [0.4, 0.5) is 0 Å². The van der Waals surface area contributed by atoms with Gasteiger partial charge in [0.1, 0.15) is 0 Å². The van der Waals surface area contributed by atoms with E-state index in [-0.39, 0.29) is 10.5 Å². The van der Waals surface area contributed by atoms with E-state index >= 15 is 0 Å². The number of rotatable bonds is 6. The molecule has 122 valence electrons. The number of sulfone groups is 1. The summed E-state index contributed by atoms with van der Waals surface area (Å²) in [6, 6.07) is 12.6. The summed E-state index contributed by atoms with van der Waals surface area (Å²) in [6.45, 7) is 2.49. The Labute approximate surface area is 135 Å². The largest absolute Gasteiger partial charge is 0.490 e. The van der Waals surface area contributed by atoms with Gasteiger partial charge in [-0.25, -0.2) is 13.2 Å². The lowest BCUT2D eigenvalue weighted by atomic mass is 10.2. The van der Waals surface area contributed by atoms with Crippen molar-refractivity contribution in [1.29, 1.82) is 0 Å². The van der Waals surface area contributed by atoms with E-state index in [0.29, 0.717) is 18.1 Å². The van der Waals surface area contributed by atoms with Crippen molar-refractivity contribution in [3.63, 3.8) is 0 Å². The Balaban J connectivity index is 2.23. The molecule has 0 spiro atoms. The maximum absolute atomic E-state index is 12.2. The highest BCUT2D eigenvalue weighted by molar-refractivity contribution is 7.90. The predicted octanol–water partition coefficient (Wildman–Crippen LogP) is 3.10. The molecule has 0 atom stereocenters. The minimum absolute atomic E-state index is 0.0717. The van der Waals surface area contributed by atoms with Crippen molar-refractivity contribution in [2.45, 2.75) is 18.2 Å². The normalized spacial score (nSPS) is 11.0. The Hall–Kier alpha value is -2.34. The second kappa shape index (κ2) is 7.28. The summed E-state index contributed by atoms with van der Waals surface area (Å²) < 4.78 is 34.0. The number of esters is 1. The summed E-state index contributed by atoms with van der Waals surface area (Å²) in [4.78, 5) is 12.3. The Morgan fingerprint density at radius 3 is 2.39 bits per heavy atom. The van der Waals surface area contributed by atoms with Crippen LogP contribution in [0.3, 0.4) is 0 Å². The minimum atomic E-state index is -3.38. The molecule has 0 aliphatic rings. The minimum Gasteiger partial charge on any atom is -0.490 e. The maximum Gasteiger partial charge on any atom is 0.343 e. The maximum atomic E-state index is 12.2. The first-order chi connectivity index (χ1) is 10.9. The van der Waals surface area contributed by atoms with Gasteiger partial charge in [0.15, 0.2) is 21.3 Å². The molecule has 0 amide bonds. The fourth-order valence-electron chi connectivity index (χ4n) is 1.88. The number of carbonyl (C=O) groups excluding carboxylic acids is 1. The zero-order chi connectivity index (χ0) is 16.9. The van der Waals surface area contributed by atoms with Gasteiger partial charge in [-0.3, -0.25) is 0 Å². The van der Waals surface area contributed by atoms with Crippen LogP contribution in [0.25, 0.3) is 0 Å². The molecule has 0 unspecified atom stereocenters. The molecule has 6 heteroatoms. The molecule has 2 rings (SSSR count). The molecule has 0 fully saturated rings. The molecule has 0 bridgehead atoms. The van der Waals surface area contributed by atoms with E-state index in [2.05, 4.69) is 0 Å². The second-order valence-corrected chi connectivity index (χ2v) is 7.00. The molecule has 0 aliphatic heterocycles. The van der Waals surface area contributed by atoms with Crippen LogP contribution in [-0.4, -0.2) is 27.2 Å². The van der Waals surface area contributed by atoms with E-state index in [1.54, 1.807) is 24.3 Å². The molecular weight excluding hydrogens is 316 g/mol. The van der Waals surface area contributed by atoms with Crippen molar-refractivity contribution in [3.05, 3.63) is 54.1 Å². The van der Waals surface area contributed by atoms with Crippen LogP contribution in [0.1, 0.15) is 23.7 Å². The quantitative estimate of drug-likeness (QED) is 0.600. The monoisotopic (exact) mass is 334 g/mol. The number of ether oxygens (including phenoxy) is 2. The van der Waals surface area contributed by atoms with Gasteiger partial charge in [0.2, 0.25) is 0 Å². The number of benzene rings is 2. The van der Waals surface area contributed by atoms with Crippen molar-refractivity contribution in [3.8, 4) is 11.5 Å². The second-order valence-electron chi connectivity index (χ2n) is 4.98. The van der Waals surface area contributed by atoms with Crippen LogP contribution in [0.15, 0.2) is 53.4 Å². The molecule has 0 heterocycles. The zero-order valence-electron chi connectivity index (χ0n) is 13.0. The van der Waals surface area contributed by atoms with E-state index in [1.165, 1.54) is 24.3 Å². The molecule has 0 aromatic heterocycles. The Morgan fingerprint density at radius 2 is 1.74 bits per heavy atom. The number of para-hydroxylation sites is 2. The smallest absolute Gasteiger partial charge is 0.343 e. The number of hydrogen-bond acceptors (Lipinski definition) is 5. The lowest BCUT2D eigenvalue weighted by Crippen LogP contribution is -2.11. The Bertz CT molecular complexity index is 796. The van der Waals surface area contributed by atoms with Crippen molar-refractivity contribution < 1.29 is 22.7 Å². The van der Waals surface area contributed by atoms with Crippen molar-refractivity contribution >= 4 is 15.8 Å². The van der Waals surface area contributed by atoms with Crippen molar-refractivity contribution in [1.82, 2.24) is 0 Å².